The highest BCUT2D eigenvalue weighted by Crippen LogP contribution is 2.20. The highest BCUT2D eigenvalue weighted by molar-refractivity contribution is 14.1. The Hall–Kier alpha value is -0.860. The lowest BCUT2D eigenvalue weighted by atomic mass is 10.2. The number of carbonyl (C=O) groups is 1. The zero-order chi connectivity index (χ0) is 14.5. The molecule has 0 bridgehead atoms. The van der Waals surface area contributed by atoms with Gasteiger partial charge in [0.05, 0.1) is 16.8 Å². The summed E-state index contributed by atoms with van der Waals surface area (Å²) in [6, 6.07) is 5.01. The summed E-state index contributed by atoms with van der Waals surface area (Å²) in [4.78, 5) is 14.4. The van der Waals surface area contributed by atoms with Gasteiger partial charge in [0.1, 0.15) is 5.75 Å². The molecule has 1 aromatic rings. The molecule has 1 aliphatic rings. The molecule has 6 heteroatoms. The number of phenols is 1. The summed E-state index contributed by atoms with van der Waals surface area (Å²) in [7, 11) is 0. The highest BCUT2D eigenvalue weighted by Gasteiger charge is 2.16. The third-order valence-corrected chi connectivity index (χ3v) is 4.13. The number of benzene rings is 1. The van der Waals surface area contributed by atoms with Crippen LogP contribution in [0.1, 0.15) is 17.3 Å². The summed E-state index contributed by atoms with van der Waals surface area (Å²) >= 11 is 2.03. The number of morpholine rings is 1. The van der Waals surface area contributed by atoms with Crippen molar-refractivity contribution in [3.63, 3.8) is 0 Å². The van der Waals surface area contributed by atoms with E-state index < -0.39 is 0 Å². The number of aromatic hydroxyl groups is 1. The summed E-state index contributed by atoms with van der Waals surface area (Å²) in [5.74, 6) is -0.0171. The Morgan fingerprint density at radius 1 is 1.50 bits per heavy atom. The molecule has 20 heavy (non-hydrogen) atoms. The van der Waals surface area contributed by atoms with Crippen LogP contribution >= 0.6 is 22.6 Å². The predicted octanol–water partition coefficient (Wildman–Crippen LogP) is 1.45. The monoisotopic (exact) mass is 390 g/mol. The number of amides is 1. The Kier molecular flexibility index (Phi) is 5.62. The van der Waals surface area contributed by atoms with Gasteiger partial charge in [0.2, 0.25) is 0 Å². The van der Waals surface area contributed by atoms with Crippen molar-refractivity contribution in [3.05, 3.63) is 27.3 Å². The standard InChI is InChI=1S/C14H19IN2O3/c1-10(9-17-4-6-20-7-5-17)16-14(19)11-2-3-12(15)13(18)8-11/h2-3,8,10,18H,4-7,9H2,1H3,(H,16,19). The van der Waals surface area contributed by atoms with Crippen molar-refractivity contribution in [2.75, 3.05) is 32.8 Å². The van der Waals surface area contributed by atoms with Crippen molar-refractivity contribution in [2.24, 2.45) is 0 Å². The molecule has 1 aliphatic heterocycles. The fraction of sp³-hybridized carbons (Fsp3) is 0.500. The molecule has 2 N–H and O–H groups in total. The number of ether oxygens (including phenoxy) is 1. The van der Waals surface area contributed by atoms with Gasteiger partial charge in [-0.25, -0.2) is 0 Å². The molecule has 1 heterocycles. The van der Waals surface area contributed by atoms with Gasteiger partial charge in [0.15, 0.2) is 0 Å². The van der Waals surface area contributed by atoms with E-state index in [-0.39, 0.29) is 17.7 Å². The van der Waals surface area contributed by atoms with Crippen LogP contribution in [0.5, 0.6) is 5.75 Å². The van der Waals surface area contributed by atoms with Gasteiger partial charge in [-0.3, -0.25) is 9.69 Å². The van der Waals surface area contributed by atoms with E-state index in [4.69, 9.17) is 4.74 Å². The second-order valence-corrected chi connectivity index (χ2v) is 6.12. The van der Waals surface area contributed by atoms with Crippen molar-refractivity contribution >= 4 is 28.5 Å². The van der Waals surface area contributed by atoms with Crippen LogP contribution in [0.25, 0.3) is 0 Å². The summed E-state index contributed by atoms with van der Waals surface area (Å²) in [6.07, 6.45) is 0. The number of nitrogens with zero attached hydrogens (tertiary/aromatic N) is 1. The van der Waals surface area contributed by atoms with Gasteiger partial charge in [-0.2, -0.15) is 0 Å². The van der Waals surface area contributed by atoms with Crippen LogP contribution in [0.3, 0.4) is 0 Å². The van der Waals surface area contributed by atoms with E-state index in [0.717, 1.165) is 36.4 Å². The SMILES string of the molecule is CC(CN1CCOCC1)NC(=O)c1ccc(I)c(O)c1. The fourth-order valence-electron chi connectivity index (χ4n) is 2.18. The molecule has 2 rings (SSSR count). The molecule has 1 amide bonds. The maximum atomic E-state index is 12.1. The molecule has 0 saturated carbocycles. The number of rotatable bonds is 4. The largest absolute Gasteiger partial charge is 0.507 e. The lowest BCUT2D eigenvalue weighted by molar-refractivity contribution is 0.0342. The first-order valence-corrected chi connectivity index (χ1v) is 7.73. The number of nitrogens with one attached hydrogen (secondary N) is 1. The van der Waals surface area contributed by atoms with Crippen LogP contribution in [0.4, 0.5) is 0 Å². The Bertz CT molecular complexity index is 475. The Balaban J connectivity index is 1.87. The Morgan fingerprint density at radius 3 is 2.85 bits per heavy atom. The molecule has 1 unspecified atom stereocenters. The van der Waals surface area contributed by atoms with Crippen LogP contribution in [-0.4, -0.2) is 54.8 Å². The van der Waals surface area contributed by atoms with Crippen LogP contribution in [0, 0.1) is 3.57 Å². The summed E-state index contributed by atoms with van der Waals surface area (Å²) in [6.45, 7) is 6.12. The van der Waals surface area contributed by atoms with E-state index in [1.807, 2.05) is 29.5 Å². The zero-order valence-electron chi connectivity index (χ0n) is 11.4. The normalized spacial score (nSPS) is 17.7. The van der Waals surface area contributed by atoms with Gasteiger partial charge in [0, 0.05) is 31.2 Å². The van der Waals surface area contributed by atoms with Gasteiger partial charge in [-0.05, 0) is 47.7 Å². The molecule has 0 radical (unpaired) electrons. The Morgan fingerprint density at radius 2 is 2.20 bits per heavy atom. The lowest BCUT2D eigenvalue weighted by Gasteiger charge is -2.29. The van der Waals surface area contributed by atoms with Crippen molar-refractivity contribution in [1.82, 2.24) is 10.2 Å². The van der Waals surface area contributed by atoms with Gasteiger partial charge in [-0.15, -0.1) is 0 Å². The molecule has 0 spiro atoms. The number of hydrogen-bond acceptors (Lipinski definition) is 4. The van der Waals surface area contributed by atoms with E-state index >= 15 is 0 Å². The lowest BCUT2D eigenvalue weighted by Crippen LogP contribution is -2.46. The minimum Gasteiger partial charge on any atom is -0.507 e. The highest BCUT2D eigenvalue weighted by atomic mass is 127. The molecule has 1 atom stereocenters. The minimum atomic E-state index is -0.155. The minimum absolute atomic E-state index is 0.0574. The maximum Gasteiger partial charge on any atom is 0.251 e. The molecule has 1 saturated heterocycles. The summed E-state index contributed by atoms with van der Waals surface area (Å²) in [5, 5.41) is 12.6. The number of halogens is 1. The van der Waals surface area contributed by atoms with Crippen LogP contribution in [0.15, 0.2) is 18.2 Å². The molecular formula is C14H19IN2O3. The molecule has 1 aromatic carbocycles. The van der Waals surface area contributed by atoms with Gasteiger partial charge < -0.3 is 15.2 Å². The van der Waals surface area contributed by atoms with Gasteiger partial charge in [-0.1, -0.05) is 0 Å². The van der Waals surface area contributed by atoms with Crippen molar-refractivity contribution in [2.45, 2.75) is 13.0 Å². The molecule has 1 fully saturated rings. The Labute approximate surface area is 132 Å². The first kappa shape index (κ1) is 15.5. The van der Waals surface area contributed by atoms with Gasteiger partial charge >= 0.3 is 0 Å². The van der Waals surface area contributed by atoms with Crippen LogP contribution in [0.2, 0.25) is 0 Å². The van der Waals surface area contributed by atoms with Gasteiger partial charge in [0.25, 0.3) is 5.91 Å². The average Bonchev–Trinajstić information content (AvgIpc) is 2.42. The summed E-state index contributed by atoms with van der Waals surface area (Å²) < 4.78 is 6.04. The van der Waals surface area contributed by atoms with Crippen molar-refractivity contribution in [3.8, 4) is 5.75 Å². The first-order valence-electron chi connectivity index (χ1n) is 6.66. The fourth-order valence-corrected chi connectivity index (χ4v) is 2.51. The maximum absolute atomic E-state index is 12.1. The van der Waals surface area contributed by atoms with E-state index in [9.17, 15) is 9.90 Å². The number of carbonyl (C=O) groups excluding carboxylic acids is 1. The third-order valence-electron chi connectivity index (χ3n) is 3.22. The second kappa shape index (κ2) is 7.24. The van der Waals surface area contributed by atoms with Crippen molar-refractivity contribution < 1.29 is 14.6 Å². The van der Waals surface area contributed by atoms with Crippen molar-refractivity contribution in [1.29, 1.82) is 0 Å². The number of hydrogen-bond donors (Lipinski definition) is 2. The average molecular weight is 390 g/mol. The summed E-state index contributed by atoms with van der Waals surface area (Å²) in [5.41, 5.74) is 0.483. The number of phenolic OH excluding ortho intramolecular Hbond substituents is 1. The van der Waals surface area contributed by atoms with E-state index in [0.29, 0.717) is 5.56 Å². The molecule has 0 aliphatic carbocycles. The molecule has 110 valence electrons. The first-order chi connectivity index (χ1) is 9.56. The van der Waals surface area contributed by atoms with E-state index in [2.05, 4.69) is 10.2 Å². The van der Waals surface area contributed by atoms with E-state index in [1.165, 1.54) is 6.07 Å². The molecule has 5 nitrogen and oxygen atoms in total. The smallest absolute Gasteiger partial charge is 0.251 e. The predicted molar refractivity (Wildman–Crippen MR) is 85.0 cm³/mol. The van der Waals surface area contributed by atoms with E-state index in [1.54, 1.807) is 12.1 Å². The molecule has 0 aromatic heterocycles. The topological polar surface area (TPSA) is 61.8 Å². The zero-order valence-corrected chi connectivity index (χ0v) is 13.6. The molecular weight excluding hydrogens is 371 g/mol. The third kappa shape index (κ3) is 4.32. The second-order valence-electron chi connectivity index (χ2n) is 4.95. The van der Waals surface area contributed by atoms with Crippen LogP contribution < -0.4 is 5.32 Å². The quantitative estimate of drug-likeness (QED) is 0.765. The van der Waals surface area contributed by atoms with Crippen LogP contribution in [-0.2, 0) is 4.74 Å².